The van der Waals surface area contributed by atoms with Gasteiger partial charge in [-0.1, -0.05) is 0 Å². The molecular weight excluding hydrogens is 320 g/mol. The fourth-order valence-electron chi connectivity index (χ4n) is 3.18. The summed E-state index contributed by atoms with van der Waals surface area (Å²) < 4.78 is 0. The molecule has 2 heterocycles. The van der Waals surface area contributed by atoms with Crippen molar-refractivity contribution < 1.29 is 9.59 Å². The highest BCUT2D eigenvalue weighted by Crippen LogP contribution is 2.18. The van der Waals surface area contributed by atoms with Crippen molar-refractivity contribution in [3.05, 3.63) is 18.1 Å². The minimum Gasteiger partial charge on any atom is -0.382 e. The number of nitrogens with zero attached hydrogens (tertiary/aromatic N) is 5. The number of nitrogen functional groups attached to an aromatic ring is 1. The van der Waals surface area contributed by atoms with Crippen molar-refractivity contribution in [3.8, 4) is 0 Å². The van der Waals surface area contributed by atoms with Gasteiger partial charge in [0.05, 0.1) is 6.54 Å². The minimum atomic E-state index is -0.196. The molecule has 1 aromatic rings. The molecule has 0 aromatic carbocycles. The summed E-state index contributed by atoms with van der Waals surface area (Å²) in [5, 5.41) is 0. The zero-order chi connectivity index (χ0) is 18.4. The van der Waals surface area contributed by atoms with Crippen molar-refractivity contribution in [2.75, 3.05) is 45.5 Å². The number of nitrogens with two attached hydrogens (primary N) is 1. The van der Waals surface area contributed by atoms with E-state index in [0.717, 1.165) is 12.8 Å². The van der Waals surface area contributed by atoms with Crippen molar-refractivity contribution >= 4 is 17.6 Å². The molecule has 8 heteroatoms. The lowest BCUT2D eigenvalue weighted by atomic mass is 10.0. The summed E-state index contributed by atoms with van der Waals surface area (Å²) in [5.41, 5.74) is 5.97. The standard InChI is InChI=1S/C17H28N6O2/c1-4-22(5-2)14(24)12-21(3)13-7-6-10-23(11-13)17(25)15-16(18)20-9-8-19-15/h8-9,13H,4-7,10-12H2,1-3H3,(H2,18,20). The van der Waals surface area contributed by atoms with Gasteiger partial charge in [-0.3, -0.25) is 14.5 Å². The number of amides is 2. The second-order valence-electron chi connectivity index (χ2n) is 6.32. The Kier molecular flexibility index (Phi) is 6.69. The average Bonchev–Trinajstić information content (AvgIpc) is 2.62. The Morgan fingerprint density at radius 1 is 1.28 bits per heavy atom. The number of carbonyl (C=O) groups excluding carboxylic acids is 2. The van der Waals surface area contributed by atoms with E-state index in [0.29, 0.717) is 32.7 Å². The molecule has 8 nitrogen and oxygen atoms in total. The molecule has 0 radical (unpaired) electrons. The van der Waals surface area contributed by atoms with E-state index in [2.05, 4.69) is 9.97 Å². The molecule has 2 N–H and O–H groups in total. The average molecular weight is 348 g/mol. The van der Waals surface area contributed by atoms with Gasteiger partial charge in [0.1, 0.15) is 0 Å². The van der Waals surface area contributed by atoms with Crippen LogP contribution >= 0.6 is 0 Å². The summed E-state index contributed by atoms with van der Waals surface area (Å²) in [6.07, 6.45) is 4.79. The van der Waals surface area contributed by atoms with E-state index in [4.69, 9.17) is 5.73 Å². The number of aromatic nitrogens is 2. The number of hydrogen-bond acceptors (Lipinski definition) is 6. The Morgan fingerprint density at radius 2 is 1.96 bits per heavy atom. The SMILES string of the molecule is CCN(CC)C(=O)CN(C)C1CCCN(C(=O)c2nccnc2N)C1. The molecule has 0 spiro atoms. The van der Waals surface area contributed by atoms with Gasteiger partial charge in [0, 0.05) is 44.6 Å². The van der Waals surface area contributed by atoms with Gasteiger partial charge in [-0.05, 0) is 33.7 Å². The van der Waals surface area contributed by atoms with Crippen molar-refractivity contribution in [1.29, 1.82) is 0 Å². The molecule has 0 saturated carbocycles. The summed E-state index contributed by atoms with van der Waals surface area (Å²) in [6, 6.07) is 0.148. The number of piperidine rings is 1. The molecule has 1 aliphatic rings. The van der Waals surface area contributed by atoms with E-state index in [1.165, 1.54) is 12.4 Å². The maximum atomic E-state index is 12.7. The Bertz CT molecular complexity index is 605. The monoisotopic (exact) mass is 348 g/mol. The van der Waals surface area contributed by atoms with Crippen LogP contribution in [0.4, 0.5) is 5.82 Å². The van der Waals surface area contributed by atoms with Crippen LogP contribution in [-0.2, 0) is 4.79 Å². The second kappa shape index (κ2) is 8.75. The highest BCUT2D eigenvalue weighted by Gasteiger charge is 2.29. The van der Waals surface area contributed by atoms with Gasteiger partial charge in [-0.2, -0.15) is 0 Å². The van der Waals surface area contributed by atoms with Crippen LogP contribution < -0.4 is 5.73 Å². The van der Waals surface area contributed by atoms with Crippen molar-refractivity contribution in [2.24, 2.45) is 0 Å². The normalized spacial score (nSPS) is 17.6. The first kappa shape index (κ1) is 19.1. The number of rotatable bonds is 6. The fraction of sp³-hybridized carbons (Fsp3) is 0.647. The van der Waals surface area contributed by atoms with Gasteiger partial charge in [0.2, 0.25) is 5.91 Å². The van der Waals surface area contributed by atoms with Gasteiger partial charge in [-0.25, -0.2) is 9.97 Å². The molecule has 2 rings (SSSR count). The van der Waals surface area contributed by atoms with Crippen LogP contribution in [-0.4, -0.2) is 82.3 Å². The zero-order valence-corrected chi connectivity index (χ0v) is 15.3. The maximum absolute atomic E-state index is 12.7. The molecule has 1 saturated heterocycles. The van der Waals surface area contributed by atoms with Gasteiger partial charge in [-0.15, -0.1) is 0 Å². The quantitative estimate of drug-likeness (QED) is 0.802. The second-order valence-corrected chi connectivity index (χ2v) is 6.32. The van der Waals surface area contributed by atoms with Gasteiger partial charge in [0.25, 0.3) is 5.91 Å². The smallest absolute Gasteiger partial charge is 0.276 e. The Balaban J connectivity index is 1.99. The molecule has 0 bridgehead atoms. The van der Waals surface area contributed by atoms with Crippen LogP contribution in [0.1, 0.15) is 37.2 Å². The maximum Gasteiger partial charge on any atom is 0.276 e. The summed E-state index contributed by atoms with van der Waals surface area (Å²) >= 11 is 0. The van der Waals surface area contributed by atoms with Crippen LogP contribution in [0.2, 0.25) is 0 Å². The first-order valence-electron chi connectivity index (χ1n) is 8.81. The lowest BCUT2D eigenvalue weighted by molar-refractivity contribution is -0.132. The predicted molar refractivity (Wildman–Crippen MR) is 95.9 cm³/mol. The third kappa shape index (κ3) is 4.66. The summed E-state index contributed by atoms with van der Waals surface area (Å²) in [7, 11) is 1.94. The van der Waals surface area contributed by atoms with Crippen molar-refractivity contribution in [1.82, 2.24) is 24.7 Å². The van der Waals surface area contributed by atoms with Crippen LogP contribution in [0.3, 0.4) is 0 Å². The van der Waals surface area contributed by atoms with Gasteiger partial charge in [0.15, 0.2) is 11.5 Å². The Hall–Kier alpha value is -2.22. The number of anilines is 1. The fourth-order valence-corrected chi connectivity index (χ4v) is 3.18. The number of hydrogen-bond donors (Lipinski definition) is 1. The first-order chi connectivity index (χ1) is 12.0. The lowest BCUT2D eigenvalue weighted by Gasteiger charge is -2.37. The molecule has 25 heavy (non-hydrogen) atoms. The molecule has 1 aromatic heterocycles. The van der Waals surface area contributed by atoms with E-state index in [9.17, 15) is 9.59 Å². The van der Waals surface area contributed by atoms with Gasteiger partial charge < -0.3 is 15.5 Å². The molecule has 1 atom stereocenters. The summed E-state index contributed by atoms with van der Waals surface area (Å²) in [4.78, 5) is 38.6. The highest BCUT2D eigenvalue weighted by atomic mass is 16.2. The number of likely N-dealkylation sites (N-methyl/N-ethyl adjacent to an activating group) is 2. The minimum absolute atomic E-state index is 0.120. The highest BCUT2D eigenvalue weighted by molar-refractivity contribution is 5.96. The van der Waals surface area contributed by atoms with Crippen LogP contribution in [0.15, 0.2) is 12.4 Å². The third-order valence-electron chi connectivity index (χ3n) is 4.74. The first-order valence-corrected chi connectivity index (χ1v) is 8.81. The Labute approximate surface area is 149 Å². The van der Waals surface area contributed by atoms with Crippen LogP contribution in [0.5, 0.6) is 0 Å². The molecule has 2 amide bonds. The Morgan fingerprint density at radius 3 is 2.60 bits per heavy atom. The van der Waals surface area contributed by atoms with E-state index in [1.54, 1.807) is 4.90 Å². The van der Waals surface area contributed by atoms with Crippen molar-refractivity contribution in [2.45, 2.75) is 32.7 Å². The topological polar surface area (TPSA) is 95.7 Å². The van der Waals surface area contributed by atoms with Gasteiger partial charge >= 0.3 is 0 Å². The van der Waals surface area contributed by atoms with Crippen LogP contribution in [0, 0.1) is 0 Å². The molecule has 1 aliphatic heterocycles. The number of likely N-dealkylation sites (tertiary alicyclic amines) is 1. The third-order valence-corrected chi connectivity index (χ3v) is 4.74. The van der Waals surface area contributed by atoms with E-state index < -0.39 is 0 Å². The summed E-state index contributed by atoms with van der Waals surface area (Å²) in [6.45, 7) is 6.98. The molecule has 1 fully saturated rings. The van der Waals surface area contributed by atoms with Crippen molar-refractivity contribution in [3.63, 3.8) is 0 Å². The number of carbonyl (C=O) groups is 2. The van der Waals surface area contributed by atoms with E-state index in [-0.39, 0.29) is 29.4 Å². The van der Waals surface area contributed by atoms with E-state index >= 15 is 0 Å². The van der Waals surface area contributed by atoms with E-state index in [1.807, 2.05) is 30.7 Å². The predicted octanol–water partition coefficient (Wildman–Crippen LogP) is 0.464. The van der Waals surface area contributed by atoms with Crippen LogP contribution in [0.25, 0.3) is 0 Å². The molecular formula is C17H28N6O2. The summed E-state index contributed by atoms with van der Waals surface area (Å²) in [5.74, 6) is 0.0765. The largest absolute Gasteiger partial charge is 0.382 e. The molecule has 1 unspecified atom stereocenters. The lowest BCUT2D eigenvalue weighted by Crippen LogP contribution is -2.51. The molecule has 0 aliphatic carbocycles. The zero-order valence-electron chi connectivity index (χ0n) is 15.3. The molecule has 138 valence electrons.